The summed E-state index contributed by atoms with van der Waals surface area (Å²) in [6.45, 7) is 1.80. The second-order valence-electron chi connectivity index (χ2n) is 2.55. The molecule has 1 rings (SSSR count). The van der Waals surface area contributed by atoms with Crippen molar-refractivity contribution in [2.75, 3.05) is 0 Å². The van der Waals surface area contributed by atoms with Crippen LogP contribution in [0.5, 0.6) is 0 Å². The Hall–Kier alpha value is -0.990. The van der Waals surface area contributed by atoms with E-state index in [9.17, 15) is 13.2 Å². The van der Waals surface area contributed by atoms with Gasteiger partial charge in [0.05, 0.1) is 0 Å². The first-order chi connectivity index (χ1) is 5.63. The number of hydrogen-bond acceptors (Lipinski definition) is 0. The Kier molecular flexibility index (Phi) is 2.74. The van der Waals surface area contributed by atoms with E-state index in [0.29, 0.717) is 12.0 Å². The maximum absolute atomic E-state index is 12.6. The topological polar surface area (TPSA) is 0 Å². The molecule has 0 aliphatic rings. The van der Waals surface area contributed by atoms with Crippen LogP contribution in [0.2, 0.25) is 0 Å². The van der Waals surface area contributed by atoms with Crippen molar-refractivity contribution in [3.05, 3.63) is 35.1 Å². The fourth-order valence-electron chi connectivity index (χ4n) is 1.01. The molecule has 0 saturated heterocycles. The summed E-state index contributed by atoms with van der Waals surface area (Å²) in [4.78, 5) is 0. The van der Waals surface area contributed by atoms with Crippen molar-refractivity contribution in [3.8, 4) is 0 Å². The molecular formula is C9H9F3. The van der Waals surface area contributed by atoms with Crippen LogP contribution >= 0.6 is 0 Å². The van der Waals surface area contributed by atoms with E-state index in [1.54, 1.807) is 6.92 Å². The zero-order chi connectivity index (χ0) is 9.14. The molecule has 0 radical (unpaired) electrons. The first kappa shape index (κ1) is 9.10. The van der Waals surface area contributed by atoms with Gasteiger partial charge in [-0.25, -0.2) is 13.2 Å². The molecule has 0 heterocycles. The number of benzene rings is 1. The van der Waals surface area contributed by atoms with Gasteiger partial charge >= 0.3 is 0 Å². The number of alkyl halides is 2. The zero-order valence-corrected chi connectivity index (χ0v) is 6.65. The Bertz CT molecular complexity index is 268. The lowest BCUT2D eigenvalue weighted by Crippen LogP contribution is -1.90. The van der Waals surface area contributed by atoms with E-state index in [1.165, 1.54) is 12.1 Å². The Morgan fingerprint density at radius 3 is 2.42 bits per heavy atom. The fraction of sp³-hybridized carbons (Fsp3) is 0.333. The largest absolute Gasteiger partial charge is 0.263 e. The van der Waals surface area contributed by atoms with E-state index < -0.39 is 12.2 Å². The van der Waals surface area contributed by atoms with Gasteiger partial charge in [-0.2, -0.15) is 0 Å². The molecule has 1 aromatic carbocycles. The van der Waals surface area contributed by atoms with Crippen LogP contribution in [0.4, 0.5) is 13.2 Å². The molecular weight excluding hydrogens is 165 g/mol. The molecule has 0 aliphatic heterocycles. The number of halogens is 3. The molecule has 0 fully saturated rings. The molecule has 12 heavy (non-hydrogen) atoms. The molecule has 0 aromatic heterocycles. The first-order valence-electron chi connectivity index (χ1n) is 3.71. The molecule has 0 bridgehead atoms. The highest BCUT2D eigenvalue weighted by atomic mass is 19.3. The molecule has 66 valence electrons. The van der Waals surface area contributed by atoms with Gasteiger partial charge in [-0.05, 0) is 30.2 Å². The third-order valence-electron chi connectivity index (χ3n) is 1.64. The molecule has 0 atom stereocenters. The zero-order valence-electron chi connectivity index (χ0n) is 6.65. The summed E-state index contributed by atoms with van der Waals surface area (Å²) < 4.78 is 36.8. The molecule has 1 aromatic rings. The van der Waals surface area contributed by atoms with E-state index in [-0.39, 0.29) is 5.56 Å². The molecule has 0 N–H and O–H groups in total. The molecule has 0 saturated carbocycles. The quantitative estimate of drug-likeness (QED) is 0.645. The van der Waals surface area contributed by atoms with Crippen molar-refractivity contribution in [3.63, 3.8) is 0 Å². The van der Waals surface area contributed by atoms with Gasteiger partial charge in [0.2, 0.25) is 0 Å². The molecule has 0 aliphatic carbocycles. The lowest BCUT2D eigenvalue weighted by atomic mass is 10.1. The Labute approximate surface area is 69.0 Å². The normalized spacial score (nSPS) is 10.8. The monoisotopic (exact) mass is 174 g/mol. The Morgan fingerprint density at radius 1 is 1.25 bits per heavy atom. The van der Waals surface area contributed by atoms with Crippen LogP contribution in [-0.2, 0) is 6.42 Å². The second-order valence-corrected chi connectivity index (χ2v) is 2.55. The van der Waals surface area contributed by atoms with Crippen LogP contribution in [0.15, 0.2) is 18.2 Å². The van der Waals surface area contributed by atoms with Crippen molar-refractivity contribution in [2.45, 2.75) is 19.8 Å². The fourth-order valence-corrected chi connectivity index (χ4v) is 1.01. The molecule has 3 heteroatoms. The highest BCUT2D eigenvalue weighted by Gasteiger charge is 2.08. The van der Waals surface area contributed by atoms with Crippen molar-refractivity contribution < 1.29 is 13.2 Å². The molecule has 0 spiro atoms. The number of hydrogen-bond donors (Lipinski definition) is 0. The minimum absolute atomic E-state index is 0.244. The SMILES string of the molecule is CCc1cc(F)cc(C(F)F)c1. The maximum Gasteiger partial charge on any atom is 0.263 e. The lowest BCUT2D eigenvalue weighted by molar-refractivity contribution is 0.151. The Morgan fingerprint density at radius 2 is 1.92 bits per heavy atom. The van der Waals surface area contributed by atoms with E-state index in [2.05, 4.69) is 0 Å². The van der Waals surface area contributed by atoms with Crippen molar-refractivity contribution in [2.24, 2.45) is 0 Å². The van der Waals surface area contributed by atoms with Gasteiger partial charge < -0.3 is 0 Å². The van der Waals surface area contributed by atoms with Crippen LogP contribution in [-0.4, -0.2) is 0 Å². The van der Waals surface area contributed by atoms with Gasteiger partial charge in [-0.15, -0.1) is 0 Å². The summed E-state index contributed by atoms with van der Waals surface area (Å²) in [5, 5.41) is 0. The summed E-state index contributed by atoms with van der Waals surface area (Å²) in [7, 11) is 0. The van der Waals surface area contributed by atoms with E-state index in [1.807, 2.05) is 0 Å². The maximum atomic E-state index is 12.6. The van der Waals surface area contributed by atoms with Crippen molar-refractivity contribution in [1.29, 1.82) is 0 Å². The first-order valence-corrected chi connectivity index (χ1v) is 3.71. The smallest absolute Gasteiger partial charge is 0.207 e. The van der Waals surface area contributed by atoms with Crippen LogP contribution in [0.3, 0.4) is 0 Å². The summed E-state index contributed by atoms with van der Waals surface area (Å²) in [5.41, 5.74) is 0.358. The summed E-state index contributed by atoms with van der Waals surface area (Å²) in [6.07, 6.45) is -2.02. The lowest BCUT2D eigenvalue weighted by Gasteiger charge is -2.02. The Balaban J connectivity index is 3.06. The third-order valence-corrected chi connectivity index (χ3v) is 1.64. The number of rotatable bonds is 2. The average Bonchev–Trinajstić information content (AvgIpc) is 2.03. The molecule has 0 nitrogen and oxygen atoms in total. The van der Waals surface area contributed by atoms with E-state index in [4.69, 9.17) is 0 Å². The van der Waals surface area contributed by atoms with E-state index in [0.717, 1.165) is 6.07 Å². The minimum atomic E-state index is -2.59. The van der Waals surface area contributed by atoms with Crippen LogP contribution in [0.1, 0.15) is 24.5 Å². The standard InChI is InChI=1S/C9H9F3/c1-2-6-3-7(9(11)12)5-8(10)4-6/h3-5,9H,2H2,1H3. The minimum Gasteiger partial charge on any atom is -0.207 e. The summed E-state index contributed by atoms with van der Waals surface area (Å²) in [6, 6.07) is 3.46. The van der Waals surface area contributed by atoms with Crippen molar-refractivity contribution >= 4 is 0 Å². The van der Waals surface area contributed by atoms with Crippen molar-refractivity contribution in [1.82, 2.24) is 0 Å². The van der Waals surface area contributed by atoms with Gasteiger partial charge in [-0.1, -0.05) is 6.92 Å². The van der Waals surface area contributed by atoms with Gasteiger partial charge in [0.1, 0.15) is 5.82 Å². The summed E-state index contributed by atoms with van der Waals surface area (Å²) >= 11 is 0. The summed E-state index contributed by atoms with van der Waals surface area (Å²) in [5.74, 6) is -0.593. The highest BCUT2D eigenvalue weighted by molar-refractivity contribution is 5.25. The molecule has 0 unspecified atom stereocenters. The van der Waals surface area contributed by atoms with Crippen LogP contribution in [0, 0.1) is 5.82 Å². The van der Waals surface area contributed by atoms with Gasteiger partial charge in [0.25, 0.3) is 6.43 Å². The van der Waals surface area contributed by atoms with Gasteiger partial charge in [0.15, 0.2) is 0 Å². The second kappa shape index (κ2) is 3.61. The van der Waals surface area contributed by atoms with Gasteiger partial charge in [0, 0.05) is 5.56 Å². The average molecular weight is 174 g/mol. The highest BCUT2D eigenvalue weighted by Crippen LogP contribution is 2.21. The van der Waals surface area contributed by atoms with E-state index >= 15 is 0 Å². The number of aryl methyl sites for hydroxylation is 1. The predicted octanol–water partition coefficient (Wildman–Crippen LogP) is 3.33. The van der Waals surface area contributed by atoms with Gasteiger partial charge in [-0.3, -0.25) is 0 Å². The van der Waals surface area contributed by atoms with Crippen LogP contribution in [0.25, 0.3) is 0 Å². The molecule has 0 amide bonds. The third kappa shape index (κ3) is 2.00. The van der Waals surface area contributed by atoms with Crippen LogP contribution < -0.4 is 0 Å². The predicted molar refractivity (Wildman–Crippen MR) is 40.7 cm³/mol.